The predicted octanol–water partition coefficient (Wildman–Crippen LogP) is 4.63. The highest BCUT2D eigenvalue weighted by Crippen LogP contribution is 2.25. The fourth-order valence-corrected chi connectivity index (χ4v) is 2.89. The number of benzene rings is 2. The first-order valence-electron chi connectivity index (χ1n) is 7.42. The van der Waals surface area contributed by atoms with Crippen molar-refractivity contribution in [2.45, 2.75) is 6.92 Å². The lowest BCUT2D eigenvalue weighted by Crippen LogP contribution is -1.96. The quantitative estimate of drug-likeness (QED) is 0.552. The molecular weight excluding hydrogens is 310 g/mol. The van der Waals surface area contributed by atoms with Crippen molar-refractivity contribution >= 4 is 33.5 Å². The van der Waals surface area contributed by atoms with Gasteiger partial charge < -0.3 is 4.74 Å². The summed E-state index contributed by atoms with van der Waals surface area (Å²) in [4.78, 5) is 9.14. The van der Waals surface area contributed by atoms with Crippen molar-refractivity contribution in [3.8, 4) is 11.6 Å². The first kappa shape index (κ1) is 14.0. The monoisotopic (exact) mass is 323 g/mol. The number of fused-ring (bicyclic) bond motifs is 2. The summed E-state index contributed by atoms with van der Waals surface area (Å²) in [5.74, 6) is 1.61. The molecule has 0 unspecified atom stereocenters. The van der Waals surface area contributed by atoms with Crippen LogP contribution in [0.2, 0.25) is 5.02 Å². The van der Waals surface area contributed by atoms with Crippen LogP contribution in [0.5, 0.6) is 5.75 Å². The van der Waals surface area contributed by atoms with Crippen LogP contribution in [-0.2, 0) is 0 Å². The molecule has 0 radical (unpaired) electrons. The minimum Gasteiger partial charge on any atom is -0.494 e. The maximum Gasteiger partial charge on any atom is 0.139 e. The van der Waals surface area contributed by atoms with Gasteiger partial charge in [-0.25, -0.2) is 9.97 Å². The minimum absolute atomic E-state index is 0.636. The molecule has 114 valence electrons. The fourth-order valence-electron chi connectivity index (χ4n) is 2.67. The Balaban J connectivity index is 1.87. The van der Waals surface area contributed by atoms with Crippen LogP contribution < -0.4 is 4.74 Å². The van der Waals surface area contributed by atoms with E-state index >= 15 is 0 Å². The molecule has 4 aromatic rings. The summed E-state index contributed by atoms with van der Waals surface area (Å²) in [6, 6.07) is 15.6. The topological polar surface area (TPSA) is 39.9 Å². The fraction of sp³-hybridized carbons (Fsp3) is 0.111. The lowest BCUT2D eigenvalue weighted by Gasteiger charge is -2.07. The van der Waals surface area contributed by atoms with E-state index in [2.05, 4.69) is 9.97 Å². The third kappa shape index (κ3) is 2.41. The Kier molecular flexibility index (Phi) is 3.39. The van der Waals surface area contributed by atoms with Gasteiger partial charge in [-0.05, 0) is 37.3 Å². The van der Waals surface area contributed by atoms with Gasteiger partial charge in [0, 0.05) is 11.5 Å². The SMILES string of the molecule is CCOc1ccc2c(c1)ncn2-c1ccc2cccc(Cl)c2n1. The van der Waals surface area contributed by atoms with Gasteiger partial charge in [0.1, 0.15) is 17.9 Å². The molecule has 4 nitrogen and oxygen atoms in total. The summed E-state index contributed by atoms with van der Waals surface area (Å²) in [7, 11) is 0. The number of pyridine rings is 1. The van der Waals surface area contributed by atoms with Gasteiger partial charge in [0.2, 0.25) is 0 Å². The number of nitrogens with zero attached hydrogens (tertiary/aromatic N) is 3. The van der Waals surface area contributed by atoms with Gasteiger partial charge in [-0.2, -0.15) is 0 Å². The zero-order valence-electron chi connectivity index (χ0n) is 12.5. The number of hydrogen-bond acceptors (Lipinski definition) is 3. The molecule has 0 fully saturated rings. The average molecular weight is 324 g/mol. The average Bonchev–Trinajstić information content (AvgIpc) is 2.98. The van der Waals surface area contributed by atoms with E-state index in [9.17, 15) is 0 Å². The van der Waals surface area contributed by atoms with E-state index in [0.29, 0.717) is 11.6 Å². The van der Waals surface area contributed by atoms with E-state index in [1.807, 2.05) is 60.0 Å². The number of hydrogen-bond donors (Lipinski definition) is 0. The van der Waals surface area contributed by atoms with Crippen LogP contribution in [0.1, 0.15) is 6.92 Å². The third-order valence-electron chi connectivity index (χ3n) is 3.73. The molecule has 0 aliphatic heterocycles. The number of rotatable bonds is 3. The lowest BCUT2D eigenvalue weighted by molar-refractivity contribution is 0.340. The number of ether oxygens (including phenoxy) is 1. The normalized spacial score (nSPS) is 11.2. The molecule has 2 aromatic carbocycles. The maximum atomic E-state index is 6.26. The molecule has 4 rings (SSSR count). The van der Waals surface area contributed by atoms with Gasteiger partial charge in [0.25, 0.3) is 0 Å². The molecule has 0 spiro atoms. The second kappa shape index (κ2) is 5.56. The molecule has 2 aromatic heterocycles. The zero-order valence-corrected chi connectivity index (χ0v) is 13.3. The van der Waals surface area contributed by atoms with Crippen molar-refractivity contribution in [1.29, 1.82) is 0 Å². The highest BCUT2D eigenvalue weighted by Gasteiger charge is 2.09. The van der Waals surface area contributed by atoms with Crippen LogP contribution in [0.25, 0.3) is 27.8 Å². The molecule has 0 saturated heterocycles. The number of para-hydroxylation sites is 1. The Bertz CT molecular complexity index is 1010. The predicted molar refractivity (Wildman–Crippen MR) is 92.6 cm³/mol. The molecule has 0 aliphatic rings. The summed E-state index contributed by atoms with van der Waals surface area (Å²) in [5.41, 5.74) is 2.64. The molecule has 0 N–H and O–H groups in total. The molecule has 0 amide bonds. The van der Waals surface area contributed by atoms with Gasteiger partial charge in [0.05, 0.1) is 28.2 Å². The van der Waals surface area contributed by atoms with E-state index in [4.69, 9.17) is 16.3 Å². The zero-order chi connectivity index (χ0) is 15.8. The molecular formula is C18H14ClN3O. The summed E-state index contributed by atoms with van der Waals surface area (Å²) < 4.78 is 7.47. The van der Waals surface area contributed by atoms with E-state index < -0.39 is 0 Å². The van der Waals surface area contributed by atoms with Crippen molar-refractivity contribution < 1.29 is 4.74 Å². The van der Waals surface area contributed by atoms with E-state index in [-0.39, 0.29) is 0 Å². The lowest BCUT2D eigenvalue weighted by atomic mass is 10.2. The third-order valence-corrected chi connectivity index (χ3v) is 4.04. The van der Waals surface area contributed by atoms with Crippen LogP contribution in [-0.4, -0.2) is 21.1 Å². The van der Waals surface area contributed by atoms with Gasteiger partial charge in [-0.3, -0.25) is 4.57 Å². The van der Waals surface area contributed by atoms with Crippen molar-refractivity contribution in [2.24, 2.45) is 0 Å². The summed E-state index contributed by atoms with van der Waals surface area (Å²) in [6.45, 7) is 2.60. The highest BCUT2D eigenvalue weighted by atomic mass is 35.5. The first-order chi connectivity index (χ1) is 11.3. The molecule has 0 saturated carbocycles. The van der Waals surface area contributed by atoms with Gasteiger partial charge in [-0.15, -0.1) is 0 Å². The molecule has 2 heterocycles. The van der Waals surface area contributed by atoms with Crippen molar-refractivity contribution in [3.63, 3.8) is 0 Å². The summed E-state index contributed by atoms with van der Waals surface area (Å²) in [6.07, 6.45) is 1.77. The number of halogens is 1. The summed E-state index contributed by atoms with van der Waals surface area (Å²) in [5, 5.41) is 1.66. The maximum absolute atomic E-state index is 6.26. The molecule has 23 heavy (non-hydrogen) atoms. The largest absolute Gasteiger partial charge is 0.494 e. The Labute approximate surface area is 138 Å². The van der Waals surface area contributed by atoms with Crippen molar-refractivity contribution in [2.75, 3.05) is 6.61 Å². The second-order valence-electron chi connectivity index (χ2n) is 5.18. The van der Waals surface area contributed by atoms with Crippen LogP contribution in [0.3, 0.4) is 0 Å². The Morgan fingerprint density at radius 2 is 2.04 bits per heavy atom. The Hall–Kier alpha value is -2.59. The first-order valence-corrected chi connectivity index (χ1v) is 7.79. The van der Waals surface area contributed by atoms with Crippen LogP contribution in [0.4, 0.5) is 0 Å². The van der Waals surface area contributed by atoms with Crippen LogP contribution in [0, 0.1) is 0 Å². The smallest absolute Gasteiger partial charge is 0.139 e. The van der Waals surface area contributed by atoms with Crippen molar-refractivity contribution in [3.05, 3.63) is 59.9 Å². The standard InChI is InChI=1S/C18H14ClN3O/c1-2-23-13-7-8-16-15(10-13)20-11-22(16)17-9-6-12-4-3-5-14(19)18(12)21-17/h3-11H,2H2,1H3. The van der Waals surface area contributed by atoms with Crippen LogP contribution >= 0.6 is 11.6 Å². The number of aromatic nitrogens is 3. The number of imidazole rings is 1. The van der Waals surface area contributed by atoms with Crippen molar-refractivity contribution in [1.82, 2.24) is 14.5 Å². The van der Waals surface area contributed by atoms with Gasteiger partial charge >= 0.3 is 0 Å². The van der Waals surface area contributed by atoms with E-state index in [0.717, 1.165) is 33.5 Å². The van der Waals surface area contributed by atoms with Gasteiger partial charge in [0.15, 0.2) is 0 Å². The highest BCUT2D eigenvalue weighted by molar-refractivity contribution is 6.35. The van der Waals surface area contributed by atoms with E-state index in [1.54, 1.807) is 6.33 Å². The Morgan fingerprint density at radius 1 is 1.13 bits per heavy atom. The minimum atomic E-state index is 0.636. The summed E-state index contributed by atoms with van der Waals surface area (Å²) >= 11 is 6.26. The second-order valence-corrected chi connectivity index (χ2v) is 5.59. The van der Waals surface area contributed by atoms with Crippen LogP contribution in [0.15, 0.2) is 54.9 Å². The molecule has 5 heteroatoms. The Morgan fingerprint density at radius 3 is 2.91 bits per heavy atom. The van der Waals surface area contributed by atoms with E-state index in [1.165, 1.54) is 0 Å². The molecule has 0 bridgehead atoms. The molecule has 0 aliphatic carbocycles. The molecule has 0 atom stereocenters. The van der Waals surface area contributed by atoms with Gasteiger partial charge in [-0.1, -0.05) is 23.7 Å².